The maximum Gasteiger partial charge on any atom is 0.268 e. The third-order valence-corrected chi connectivity index (χ3v) is 2.19. The van der Waals surface area contributed by atoms with Gasteiger partial charge in [-0.05, 0) is 6.07 Å². The van der Waals surface area contributed by atoms with E-state index in [1.54, 1.807) is 0 Å². The number of benzene rings is 1. The average Bonchev–Trinajstić information content (AvgIpc) is 2.29. The van der Waals surface area contributed by atoms with Gasteiger partial charge in [0.15, 0.2) is 0 Å². The van der Waals surface area contributed by atoms with Gasteiger partial charge in [0.2, 0.25) is 0 Å². The summed E-state index contributed by atoms with van der Waals surface area (Å²) in [6.07, 6.45) is 1.42. The van der Waals surface area contributed by atoms with Gasteiger partial charge < -0.3 is 5.73 Å². The molecular formula is C10H10N4O. The zero-order valence-corrected chi connectivity index (χ0v) is 7.90. The maximum atomic E-state index is 11.3. The van der Waals surface area contributed by atoms with Crippen LogP contribution in [-0.2, 0) is 0 Å². The molecule has 0 saturated heterocycles. The highest BCUT2D eigenvalue weighted by molar-refractivity contribution is 6.05. The van der Waals surface area contributed by atoms with E-state index in [9.17, 15) is 4.79 Å². The number of amides is 1. The first kappa shape index (κ1) is 9.42. The summed E-state index contributed by atoms with van der Waals surface area (Å²) in [6.45, 7) is 0. The lowest BCUT2D eigenvalue weighted by molar-refractivity contribution is 0.0954. The summed E-state index contributed by atoms with van der Waals surface area (Å²) in [6, 6.07) is 7.34. The van der Waals surface area contributed by atoms with E-state index in [4.69, 9.17) is 11.6 Å². The molecule has 5 nitrogen and oxygen atoms in total. The molecule has 0 spiro atoms. The summed E-state index contributed by atoms with van der Waals surface area (Å²) >= 11 is 0. The van der Waals surface area contributed by atoms with Gasteiger partial charge in [-0.3, -0.25) is 15.2 Å². The molecule has 0 unspecified atom stereocenters. The molecule has 1 aromatic heterocycles. The summed E-state index contributed by atoms with van der Waals surface area (Å²) in [5.74, 6) is 4.60. The first-order valence-electron chi connectivity index (χ1n) is 4.38. The zero-order valence-electron chi connectivity index (χ0n) is 7.90. The highest BCUT2D eigenvalue weighted by atomic mass is 16.2. The predicted molar refractivity (Wildman–Crippen MR) is 57.8 cm³/mol. The lowest BCUT2D eigenvalue weighted by Gasteiger charge is -2.06. The van der Waals surface area contributed by atoms with Gasteiger partial charge in [0.25, 0.3) is 5.91 Å². The van der Waals surface area contributed by atoms with Gasteiger partial charge in [0, 0.05) is 11.6 Å². The van der Waals surface area contributed by atoms with Crippen LogP contribution in [0.1, 0.15) is 10.4 Å². The number of hydrogen-bond acceptors (Lipinski definition) is 4. The van der Waals surface area contributed by atoms with Crippen LogP contribution in [0.4, 0.5) is 5.69 Å². The lowest BCUT2D eigenvalue weighted by atomic mass is 10.1. The average molecular weight is 202 g/mol. The molecule has 0 bridgehead atoms. The Kier molecular flexibility index (Phi) is 2.23. The fraction of sp³-hybridized carbons (Fsp3) is 0. The third kappa shape index (κ3) is 1.49. The number of rotatable bonds is 1. The van der Waals surface area contributed by atoms with Crippen LogP contribution in [0.15, 0.2) is 30.5 Å². The standard InChI is InChI=1S/C10H10N4O/c11-9-6-3-1-2-4-8(6)13-5-7(9)10(15)14-12/h1-5H,12H2,(H2,11,13)(H,14,15). The first-order valence-corrected chi connectivity index (χ1v) is 4.38. The minimum Gasteiger partial charge on any atom is -0.397 e. The van der Waals surface area contributed by atoms with Gasteiger partial charge in [-0.2, -0.15) is 0 Å². The SMILES string of the molecule is NNC(=O)c1cnc2ccccc2c1N. The molecule has 0 aliphatic heterocycles. The minimum absolute atomic E-state index is 0.288. The highest BCUT2D eigenvalue weighted by Crippen LogP contribution is 2.22. The van der Waals surface area contributed by atoms with E-state index in [1.165, 1.54) is 6.20 Å². The van der Waals surface area contributed by atoms with Crippen molar-refractivity contribution in [2.45, 2.75) is 0 Å². The van der Waals surface area contributed by atoms with Crippen LogP contribution in [0, 0.1) is 0 Å². The molecule has 1 aromatic carbocycles. The van der Waals surface area contributed by atoms with Crippen LogP contribution in [0.3, 0.4) is 0 Å². The Morgan fingerprint density at radius 2 is 2.07 bits per heavy atom. The lowest BCUT2D eigenvalue weighted by Crippen LogP contribution is -2.30. The number of para-hydroxylation sites is 1. The summed E-state index contributed by atoms with van der Waals surface area (Å²) in [5, 5.41) is 0.749. The summed E-state index contributed by atoms with van der Waals surface area (Å²) in [7, 11) is 0. The fourth-order valence-corrected chi connectivity index (χ4v) is 1.42. The monoisotopic (exact) mass is 202 g/mol. The molecule has 1 amide bonds. The zero-order chi connectivity index (χ0) is 10.8. The van der Waals surface area contributed by atoms with E-state index in [2.05, 4.69) is 4.98 Å². The fourth-order valence-electron chi connectivity index (χ4n) is 1.42. The number of fused-ring (bicyclic) bond motifs is 1. The van der Waals surface area contributed by atoms with Gasteiger partial charge in [0.1, 0.15) is 0 Å². The van der Waals surface area contributed by atoms with Crippen molar-refractivity contribution < 1.29 is 4.79 Å². The number of nitrogens with one attached hydrogen (secondary N) is 1. The normalized spacial score (nSPS) is 10.2. The predicted octanol–water partition coefficient (Wildman–Crippen LogP) is 0.420. The van der Waals surface area contributed by atoms with E-state index in [1.807, 2.05) is 29.7 Å². The molecule has 2 aromatic rings. The molecule has 0 aliphatic rings. The van der Waals surface area contributed by atoms with E-state index in [0.29, 0.717) is 5.69 Å². The van der Waals surface area contributed by atoms with Crippen molar-refractivity contribution in [1.29, 1.82) is 0 Å². The van der Waals surface area contributed by atoms with Crippen molar-refractivity contribution in [3.8, 4) is 0 Å². The highest BCUT2D eigenvalue weighted by Gasteiger charge is 2.11. The molecule has 2 rings (SSSR count). The number of pyridine rings is 1. The van der Waals surface area contributed by atoms with Gasteiger partial charge in [-0.15, -0.1) is 0 Å². The van der Waals surface area contributed by atoms with Crippen LogP contribution in [-0.4, -0.2) is 10.9 Å². The van der Waals surface area contributed by atoms with Crippen molar-refractivity contribution in [1.82, 2.24) is 10.4 Å². The number of hydrogen-bond donors (Lipinski definition) is 3. The second-order valence-corrected chi connectivity index (χ2v) is 3.08. The number of hydrazine groups is 1. The van der Waals surface area contributed by atoms with Crippen LogP contribution in [0.25, 0.3) is 10.9 Å². The molecular weight excluding hydrogens is 192 g/mol. The number of carbonyl (C=O) groups is 1. The van der Waals surface area contributed by atoms with Crippen molar-refractivity contribution in [2.24, 2.45) is 5.84 Å². The van der Waals surface area contributed by atoms with Crippen molar-refractivity contribution >= 4 is 22.5 Å². The van der Waals surface area contributed by atoms with Gasteiger partial charge in [-0.1, -0.05) is 18.2 Å². The molecule has 5 heteroatoms. The quantitative estimate of drug-likeness (QED) is 0.355. The van der Waals surface area contributed by atoms with E-state index >= 15 is 0 Å². The molecule has 0 atom stereocenters. The Morgan fingerprint density at radius 1 is 1.33 bits per heavy atom. The summed E-state index contributed by atoms with van der Waals surface area (Å²) < 4.78 is 0. The van der Waals surface area contributed by atoms with Crippen LogP contribution < -0.4 is 17.0 Å². The second-order valence-electron chi connectivity index (χ2n) is 3.08. The molecule has 76 valence electrons. The Morgan fingerprint density at radius 3 is 2.80 bits per heavy atom. The number of nitrogen functional groups attached to an aromatic ring is 2. The Labute approximate surface area is 86.1 Å². The van der Waals surface area contributed by atoms with Gasteiger partial charge in [-0.25, -0.2) is 5.84 Å². The Balaban J connectivity index is 2.70. The second kappa shape index (κ2) is 3.55. The smallest absolute Gasteiger partial charge is 0.268 e. The molecule has 0 saturated carbocycles. The van der Waals surface area contributed by atoms with Crippen molar-refractivity contribution in [3.05, 3.63) is 36.0 Å². The van der Waals surface area contributed by atoms with Crippen LogP contribution in [0.5, 0.6) is 0 Å². The number of nitrogens with zero attached hydrogens (tertiary/aromatic N) is 1. The van der Waals surface area contributed by atoms with Crippen molar-refractivity contribution in [3.63, 3.8) is 0 Å². The first-order chi connectivity index (χ1) is 7.24. The van der Waals surface area contributed by atoms with Gasteiger partial charge >= 0.3 is 0 Å². The van der Waals surface area contributed by atoms with Crippen LogP contribution in [0.2, 0.25) is 0 Å². The molecule has 5 N–H and O–H groups in total. The molecule has 15 heavy (non-hydrogen) atoms. The third-order valence-electron chi connectivity index (χ3n) is 2.19. The van der Waals surface area contributed by atoms with Crippen LogP contribution >= 0.6 is 0 Å². The molecule has 1 heterocycles. The van der Waals surface area contributed by atoms with E-state index in [-0.39, 0.29) is 5.56 Å². The number of carbonyl (C=O) groups excluding carboxylic acids is 1. The molecule has 0 aliphatic carbocycles. The number of anilines is 1. The van der Waals surface area contributed by atoms with Crippen molar-refractivity contribution in [2.75, 3.05) is 5.73 Å². The molecule has 0 radical (unpaired) electrons. The number of aromatic nitrogens is 1. The number of nitrogens with two attached hydrogens (primary N) is 2. The minimum atomic E-state index is -0.439. The topological polar surface area (TPSA) is 94.0 Å². The van der Waals surface area contributed by atoms with Gasteiger partial charge in [0.05, 0.1) is 16.8 Å². The van der Waals surface area contributed by atoms with E-state index < -0.39 is 5.91 Å². The van der Waals surface area contributed by atoms with E-state index in [0.717, 1.165) is 10.9 Å². The summed E-state index contributed by atoms with van der Waals surface area (Å²) in [5.41, 5.74) is 9.30. The molecule has 0 fully saturated rings. The Hall–Kier alpha value is -2.14. The Bertz CT molecular complexity index is 524. The summed E-state index contributed by atoms with van der Waals surface area (Å²) in [4.78, 5) is 15.4. The maximum absolute atomic E-state index is 11.3. The largest absolute Gasteiger partial charge is 0.397 e.